The second-order valence-electron chi connectivity index (χ2n) is 29.2. The minimum atomic E-state index is -1.84. The molecule has 0 spiro atoms. The number of rotatable bonds is 18. The van der Waals surface area contributed by atoms with Crippen LogP contribution in [0.3, 0.4) is 0 Å². The van der Waals surface area contributed by atoms with Crippen molar-refractivity contribution in [3.8, 4) is 0 Å². The van der Waals surface area contributed by atoms with Gasteiger partial charge < -0.3 is 5.73 Å². The molecule has 0 heterocycles. The highest BCUT2D eigenvalue weighted by Crippen LogP contribution is 2.60. The zero-order valence-electron chi connectivity index (χ0n) is 62.5. The van der Waals surface area contributed by atoms with Crippen molar-refractivity contribution in [2.45, 2.75) is 148 Å². The first kappa shape index (κ1) is 85.7. The molecule has 10 aromatic carbocycles. The molecule has 9 unspecified atom stereocenters. The molecular formula is C91H100F10IN2P5. The maximum Gasteiger partial charge on any atom is 0.132 e. The third-order valence-electron chi connectivity index (χ3n) is 21.8. The van der Waals surface area contributed by atoms with Crippen molar-refractivity contribution in [1.29, 1.82) is 0 Å². The summed E-state index contributed by atoms with van der Waals surface area (Å²) >= 11 is 2.18. The maximum atomic E-state index is 15.6. The highest BCUT2D eigenvalue weighted by atomic mass is 127. The maximum absolute atomic E-state index is 15.6. The molecule has 109 heavy (non-hydrogen) atoms. The van der Waals surface area contributed by atoms with Gasteiger partial charge in [0.2, 0.25) is 0 Å². The molecule has 9 atom stereocenters. The lowest BCUT2D eigenvalue weighted by molar-refractivity contribution is 0.262. The summed E-state index contributed by atoms with van der Waals surface area (Å²) in [5.41, 5.74) is 6.69. The summed E-state index contributed by atoms with van der Waals surface area (Å²) in [6, 6.07) is 66.7. The Morgan fingerprint density at radius 2 is 0.550 bits per heavy atom. The van der Waals surface area contributed by atoms with Crippen molar-refractivity contribution >= 4 is 103 Å². The predicted molar refractivity (Wildman–Crippen MR) is 454 cm³/mol. The third kappa shape index (κ3) is 23.3. The van der Waals surface area contributed by atoms with Crippen LogP contribution in [0.25, 0.3) is 0 Å². The van der Waals surface area contributed by atoms with Gasteiger partial charge in [0.15, 0.2) is 0 Å². The van der Waals surface area contributed by atoms with Gasteiger partial charge >= 0.3 is 0 Å². The largest absolute Gasteiger partial charge is 0.327 e. The molecule has 10 aromatic rings. The first-order valence-electron chi connectivity index (χ1n) is 38.4. The molecule has 18 heteroatoms. The van der Waals surface area contributed by atoms with E-state index in [1.807, 2.05) is 48.5 Å². The van der Waals surface area contributed by atoms with Gasteiger partial charge in [-0.25, -0.2) is 48.3 Å². The Kier molecular flexibility index (Phi) is 34.2. The molecule has 4 fully saturated rings. The van der Waals surface area contributed by atoms with Gasteiger partial charge in [0.25, 0.3) is 0 Å². The van der Waals surface area contributed by atoms with E-state index in [4.69, 9.17) is 5.73 Å². The van der Waals surface area contributed by atoms with Crippen LogP contribution in [0.15, 0.2) is 243 Å². The SMILES string of the molecule is CC1CCCCC1CP(c1ccccc1F)c1ccccc1F.CC1CCCCC1CP(c1ccccc1F)c1ccccc1F.CC1CCCCC1N.CC1CCCCC1N(P(c1ccccc1F)c1ccccc1F)P(c1ccccc1F)c1ccccc1F.Fc1ccccc1C(PI)c1ccccc1F. The molecule has 14 rings (SSSR count). The van der Waals surface area contributed by atoms with E-state index in [1.54, 1.807) is 133 Å². The van der Waals surface area contributed by atoms with Gasteiger partial charge in [-0.2, -0.15) is 0 Å². The Morgan fingerprint density at radius 1 is 0.312 bits per heavy atom. The zero-order chi connectivity index (χ0) is 77.3. The van der Waals surface area contributed by atoms with Crippen LogP contribution >= 0.6 is 60.3 Å². The summed E-state index contributed by atoms with van der Waals surface area (Å²) in [7, 11) is -5.66. The van der Waals surface area contributed by atoms with Gasteiger partial charge in [-0.05, 0) is 193 Å². The number of benzene rings is 10. The summed E-state index contributed by atoms with van der Waals surface area (Å²) in [6.45, 7) is 8.98. The van der Waals surface area contributed by atoms with Gasteiger partial charge in [0.05, 0.1) is 0 Å². The van der Waals surface area contributed by atoms with Gasteiger partial charge in [0, 0.05) is 87.5 Å². The fraction of sp³-hybridized carbons (Fsp3) is 0.341. The predicted octanol–water partition coefficient (Wildman–Crippen LogP) is 24.6. The minimum absolute atomic E-state index is 0.126. The Balaban J connectivity index is 0.000000155. The fourth-order valence-corrected chi connectivity index (χ4v) is 30.4. The van der Waals surface area contributed by atoms with Crippen LogP contribution in [0.5, 0.6) is 0 Å². The number of hydrogen-bond acceptors (Lipinski definition) is 2. The second-order valence-corrected chi connectivity index (χ2v) is 40.5. The Hall–Kier alpha value is -5.70. The molecule has 4 saturated carbocycles. The fourth-order valence-electron chi connectivity index (χ4n) is 15.4. The Bertz CT molecular complexity index is 4010. The van der Waals surface area contributed by atoms with Gasteiger partial charge in [-0.3, -0.25) is 0 Å². The summed E-state index contributed by atoms with van der Waals surface area (Å²) in [4.78, 5) is 0. The summed E-state index contributed by atoms with van der Waals surface area (Å²) < 4.78 is 150. The molecule has 4 aliphatic carbocycles. The van der Waals surface area contributed by atoms with Crippen LogP contribution in [0, 0.1) is 93.7 Å². The van der Waals surface area contributed by atoms with E-state index >= 15 is 17.6 Å². The first-order chi connectivity index (χ1) is 52.8. The lowest BCUT2D eigenvalue weighted by Gasteiger charge is -2.47. The van der Waals surface area contributed by atoms with Crippen LogP contribution in [-0.4, -0.2) is 28.8 Å². The highest BCUT2D eigenvalue weighted by molar-refractivity contribution is 14.2. The molecule has 4 aliphatic rings. The minimum Gasteiger partial charge on any atom is -0.327 e. The summed E-state index contributed by atoms with van der Waals surface area (Å²) in [6.07, 6.45) is 21.1. The molecule has 0 radical (unpaired) electrons. The van der Waals surface area contributed by atoms with E-state index in [0.717, 1.165) is 43.9 Å². The number of hydrogen-bond donors (Lipinski definition) is 1. The lowest BCUT2D eigenvalue weighted by Crippen LogP contribution is -2.44. The van der Waals surface area contributed by atoms with Crippen molar-refractivity contribution < 1.29 is 43.9 Å². The van der Waals surface area contributed by atoms with Gasteiger partial charge in [0.1, 0.15) is 58.2 Å². The average Bonchev–Trinajstić information content (AvgIpc) is 0.746. The topological polar surface area (TPSA) is 29.3 Å². The zero-order valence-corrected chi connectivity index (χ0v) is 69.2. The molecule has 0 saturated heterocycles. The number of nitrogens with zero attached hydrogens (tertiary/aromatic N) is 1. The first-order valence-corrected chi connectivity index (χ1v) is 48.2. The van der Waals surface area contributed by atoms with Crippen LogP contribution in [-0.2, 0) is 0 Å². The molecule has 0 bridgehead atoms. The Morgan fingerprint density at radius 3 is 0.798 bits per heavy atom. The van der Waals surface area contributed by atoms with E-state index in [9.17, 15) is 26.3 Å². The molecule has 576 valence electrons. The monoisotopic (exact) mass is 1690 g/mol. The van der Waals surface area contributed by atoms with Crippen molar-refractivity contribution in [2.75, 3.05) is 12.3 Å². The van der Waals surface area contributed by atoms with E-state index in [1.165, 1.54) is 138 Å². The van der Waals surface area contributed by atoms with E-state index in [-0.39, 0.29) is 52.5 Å². The van der Waals surface area contributed by atoms with Crippen molar-refractivity contribution in [3.05, 3.63) is 312 Å². The van der Waals surface area contributed by atoms with E-state index in [0.29, 0.717) is 89.5 Å². The molecular weight excluding hydrogens is 1590 g/mol. The van der Waals surface area contributed by atoms with Crippen molar-refractivity contribution in [3.63, 3.8) is 0 Å². The average molecular weight is 1690 g/mol. The smallest absolute Gasteiger partial charge is 0.132 e. The normalized spacial score (nSPS) is 20.1. The Labute approximate surface area is 660 Å². The van der Waals surface area contributed by atoms with Gasteiger partial charge in [-0.15, -0.1) is 0 Å². The molecule has 0 amide bonds. The van der Waals surface area contributed by atoms with Crippen molar-refractivity contribution in [1.82, 2.24) is 4.44 Å². The molecule has 0 aliphatic heterocycles. The van der Waals surface area contributed by atoms with Crippen LogP contribution in [0.1, 0.15) is 147 Å². The number of halogens is 11. The summed E-state index contributed by atoms with van der Waals surface area (Å²) in [5, 5.41) is 4.15. The van der Waals surface area contributed by atoms with Crippen LogP contribution in [0.4, 0.5) is 43.9 Å². The van der Waals surface area contributed by atoms with Crippen LogP contribution in [0.2, 0.25) is 0 Å². The molecule has 2 nitrogen and oxygen atoms in total. The molecule has 2 N–H and O–H groups in total. The third-order valence-corrected chi connectivity index (χ3v) is 35.7. The van der Waals surface area contributed by atoms with Crippen LogP contribution < -0.4 is 48.2 Å². The highest BCUT2D eigenvalue weighted by Gasteiger charge is 2.43. The van der Waals surface area contributed by atoms with E-state index < -0.39 is 55.3 Å². The standard InChI is InChI=1S/C31H29F4NP2.2C20H23F2P.C13H10F2IP.C7H15N/c1-22-12-2-7-17-27(22)36(37(28-18-8-3-13-23(28)32)29-19-9-4-14-24(29)33)38(30-20-10-5-15-25(30)34)31-21-11-6-16-26(31)35;2*1-15-8-2-3-9-16(15)14-23(19-12-6-4-10-17(19)21)20-13-7-5-11-18(20)22;14-11-7-3-1-5-9(11)13(17-16)10-6-2-4-8-12(10)15;1-6-4-2-3-5-7(6)8/h3-6,8-11,13-16,18-22,27H,2,7,12,17H2,1H3;2*4-7,10-13,15-16H,2-3,8-9,14H2,1H3;1-8,13,17H;6-7H,2-5,8H2,1H3. The number of nitrogens with two attached hydrogens (primary N) is 1. The van der Waals surface area contributed by atoms with Crippen molar-refractivity contribution in [2.24, 2.45) is 41.2 Å². The lowest BCUT2D eigenvalue weighted by atomic mass is 9.82. The quantitative estimate of drug-likeness (QED) is 0.0527. The van der Waals surface area contributed by atoms with Gasteiger partial charge in [-0.1, -0.05) is 272 Å². The summed E-state index contributed by atoms with van der Waals surface area (Å²) in [5.74, 6) is 0.211. The molecule has 0 aromatic heterocycles. The van der Waals surface area contributed by atoms with E-state index in [2.05, 4.69) is 54.2 Å². The second kappa shape index (κ2) is 43.5.